The molecule has 10 heterocycles. The Labute approximate surface area is 584 Å². The number of furan rings is 2. The van der Waals surface area contributed by atoms with Crippen molar-refractivity contribution in [3.63, 3.8) is 0 Å². The maximum absolute atomic E-state index is 6.17. The molecule has 0 amide bonds. The molecule has 0 spiro atoms. The van der Waals surface area contributed by atoms with Gasteiger partial charge in [0.25, 0.3) is 0 Å². The number of pyridine rings is 4. The first-order valence-corrected chi connectivity index (χ1v) is 35.0. The summed E-state index contributed by atoms with van der Waals surface area (Å²) in [4.78, 5) is 19.7. The van der Waals surface area contributed by atoms with Crippen molar-refractivity contribution in [2.24, 2.45) is 0 Å². The number of aromatic nitrogens is 6. The summed E-state index contributed by atoms with van der Waals surface area (Å²) in [5.74, 6) is 0. The highest BCUT2D eigenvalue weighted by molar-refractivity contribution is 6.24. The van der Waals surface area contributed by atoms with E-state index in [0.717, 1.165) is 104 Å². The number of hydrogen-bond acceptors (Lipinski definition) is 6. The van der Waals surface area contributed by atoms with Gasteiger partial charge in [-0.2, -0.15) is 0 Å². The van der Waals surface area contributed by atoms with Gasteiger partial charge in [0.2, 0.25) is 0 Å². The van der Waals surface area contributed by atoms with Crippen molar-refractivity contribution >= 4 is 174 Å². The fraction of sp³-hybridized carbons (Fsp3) is 0.0638. The second-order valence-corrected chi connectivity index (χ2v) is 28.3. The monoisotopic (exact) mass is 1310 g/mol. The molecule has 102 heavy (non-hydrogen) atoms. The highest BCUT2D eigenvalue weighted by Crippen LogP contribution is 2.51. The number of hydrogen-bond donors (Lipinski definition) is 0. The van der Waals surface area contributed by atoms with Crippen LogP contribution in [-0.2, 0) is 11.1 Å². The van der Waals surface area contributed by atoms with Crippen molar-refractivity contribution in [2.45, 2.75) is 38.8 Å². The van der Waals surface area contributed by atoms with E-state index in [1.165, 1.54) is 104 Å². The molecule has 24 rings (SSSR count). The number of fused-ring (bicyclic) bond motifs is 30. The van der Waals surface area contributed by atoms with E-state index in [0.29, 0.717) is 0 Å². The molecule has 8 aromatic heterocycles. The third-order valence-electron chi connectivity index (χ3n) is 21.9. The third-order valence-corrected chi connectivity index (χ3v) is 21.9. The zero-order valence-corrected chi connectivity index (χ0v) is 56.4. The normalized spacial score (nSPS) is 13.5. The molecule has 0 bridgehead atoms. The molecule has 0 atom stereocenters. The molecule has 480 valence electrons. The van der Waals surface area contributed by atoms with Crippen LogP contribution in [0.2, 0.25) is 0 Å². The molecule has 0 aliphatic carbocycles. The molecule has 8 nitrogen and oxygen atoms in total. The standard InChI is InChI=1S/2C24H18N2.2C23H13NO/c1-24(2)19-14-15-8-3-5-12-20(15)25-22(19)18-11-7-10-17-16-9-4-6-13-21(16)26(24)23(17)18;1-24(2)21-16-9-4-3-8-15(16)14-25-22(21)19-12-7-11-18-17-10-5-6-13-20(17)26(24)23(18)19;1-3-7-20-14(5-1)13-15-9-10-19-17(22(15)24-20)11-12-18-16-6-2-4-8-21(16)25-23(18)19;1-2-6-15-14(5-1)13-24-22-17(15)9-12-20-18(22)10-11-19-16-7-3-4-8-21(16)25-23(19)20/h2*3-14H,1-2H3;2*1-13H. The molecular weight excluding hydrogens is 1250 g/mol. The topological polar surface area (TPSA) is 87.7 Å². The molecule has 14 aromatic carbocycles. The number of rotatable bonds is 0. The van der Waals surface area contributed by atoms with Crippen LogP contribution in [-0.4, -0.2) is 29.1 Å². The quantitative estimate of drug-likeness (QED) is 0.111. The molecule has 0 N–H and O–H groups in total. The maximum atomic E-state index is 6.17. The van der Waals surface area contributed by atoms with Crippen LogP contribution in [0.15, 0.2) is 312 Å². The second-order valence-electron chi connectivity index (χ2n) is 28.3. The molecule has 2 aliphatic heterocycles. The largest absolute Gasteiger partial charge is 0.455 e. The van der Waals surface area contributed by atoms with E-state index in [9.17, 15) is 0 Å². The van der Waals surface area contributed by atoms with E-state index in [2.05, 4.69) is 298 Å². The van der Waals surface area contributed by atoms with Crippen LogP contribution in [0.5, 0.6) is 0 Å². The first kappa shape index (κ1) is 58.0. The highest BCUT2D eigenvalue weighted by Gasteiger charge is 2.38. The first-order valence-electron chi connectivity index (χ1n) is 35.0. The lowest BCUT2D eigenvalue weighted by Gasteiger charge is -2.36. The van der Waals surface area contributed by atoms with E-state index in [1.807, 2.05) is 42.7 Å². The van der Waals surface area contributed by atoms with E-state index >= 15 is 0 Å². The van der Waals surface area contributed by atoms with Gasteiger partial charge in [-0.3, -0.25) is 9.97 Å². The predicted molar refractivity (Wildman–Crippen MR) is 425 cm³/mol. The summed E-state index contributed by atoms with van der Waals surface area (Å²) in [5, 5.41) is 24.0. The van der Waals surface area contributed by atoms with Gasteiger partial charge in [0.1, 0.15) is 22.3 Å². The van der Waals surface area contributed by atoms with Crippen molar-refractivity contribution in [3.8, 4) is 22.5 Å². The van der Waals surface area contributed by atoms with Crippen LogP contribution in [0.4, 0.5) is 0 Å². The van der Waals surface area contributed by atoms with Gasteiger partial charge in [-0.25, -0.2) is 9.97 Å². The first-order chi connectivity index (χ1) is 50.1. The average Bonchev–Trinajstić information content (AvgIpc) is 1.49. The molecule has 22 aromatic rings. The fourth-order valence-corrected chi connectivity index (χ4v) is 17.3. The Morgan fingerprint density at radius 2 is 0.706 bits per heavy atom. The van der Waals surface area contributed by atoms with Crippen molar-refractivity contribution < 1.29 is 8.83 Å². The maximum Gasteiger partial charge on any atom is 0.143 e. The summed E-state index contributed by atoms with van der Waals surface area (Å²) >= 11 is 0. The molecular formula is C94H62N6O2. The Kier molecular flexibility index (Phi) is 12.4. The van der Waals surface area contributed by atoms with Gasteiger partial charge in [0, 0.05) is 143 Å². The van der Waals surface area contributed by atoms with Crippen LogP contribution in [0, 0.1) is 0 Å². The number of para-hydroxylation sites is 8. The van der Waals surface area contributed by atoms with E-state index in [-0.39, 0.29) is 11.1 Å². The van der Waals surface area contributed by atoms with Crippen LogP contribution >= 0.6 is 0 Å². The molecule has 0 fully saturated rings. The van der Waals surface area contributed by atoms with Gasteiger partial charge in [-0.15, -0.1) is 0 Å². The Balaban J connectivity index is 0.0000000885. The summed E-state index contributed by atoms with van der Waals surface area (Å²) in [6.07, 6.45) is 3.97. The molecule has 0 saturated carbocycles. The fourth-order valence-electron chi connectivity index (χ4n) is 17.3. The van der Waals surface area contributed by atoms with Crippen LogP contribution in [0.1, 0.15) is 38.8 Å². The van der Waals surface area contributed by atoms with Crippen LogP contribution in [0.3, 0.4) is 0 Å². The average molecular weight is 1310 g/mol. The Morgan fingerprint density at radius 1 is 0.284 bits per heavy atom. The van der Waals surface area contributed by atoms with Crippen molar-refractivity contribution in [1.82, 2.24) is 29.1 Å². The van der Waals surface area contributed by atoms with Crippen LogP contribution in [0.25, 0.3) is 197 Å². The lowest BCUT2D eigenvalue weighted by atomic mass is 9.83. The van der Waals surface area contributed by atoms with Crippen molar-refractivity contribution in [1.29, 1.82) is 0 Å². The number of nitrogens with zero attached hydrogens (tertiary/aromatic N) is 6. The van der Waals surface area contributed by atoms with Gasteiger partial charge in [0.15, 0.2) is 0 Å². The molecule has 0 saturated heterocycles. The molecule has 2 aliphatic rings. The zero-order chi connectivity index (χ0) is 67.7. The van der Waals surface area contributed by atoms with Gasteiger partial charge in [-0.1, -0.05) is 218 Å². The van der Waals surface area contributed by atoms with Crippen molar-refractivity contribution in [2.75, 3.05) is 0 Å². The van der Waals surface area contributed by atoms with Crippen molar-refractivity contribution in [3.05, 3.63) is 315 Å². The van der Waals surface area contributed by atoms with E-state index < -0.39 is 0 Å². The van der Waals surface area contributed by atoms with Crippen LogP contribution < -0.4 is 0 Å². The van der Waals surface area contributed by atoms with Gasteiger partial charge in [-0.05, 0) is 111 Å². The SMILES string of the molecule is CC1(C)c2c(ncc3ccccc23)-c2cccc3c4ccccc4n1c23.CC1(C)c2cc3ccccc3nc2-c2cccc3c4ccccc4n1c23.c1ccc2c(c1)cnc1c2ccc2c1ccc1c3ccccc3oc12.c1ccc2nc3c(ccc4c3ccc3c5ccccc5oc34)cc2c1. The Morgan fingerprint density at radius 3 is 1.32 bits per heavy atom. The smallest absolute Gasteiger partial charge is 0.143 e. The van der Waals surface area contributed by atoms with Gasteiger partial charge < -0.3 is 18.0 Å². The number of benzene rings is 14. The summed E-state index contributed by atoms with van der Waals surface area (Å²) in [7, 11) is 0. The van der Waals surface area contributed by atoms with Gasteiger partial charge >= 0.3 is 0 Å². The highest BCUT2D eigenvalue weighted by atomic mass is 16.3. The molecule has 8 heteroatoms. The Bertz CT molecular complexity index is 7180. The predicted octanol–water partition coefficient (Wildman–Crippen LogP) is 25.1. The summed E-state index contributed by atoms with van der Waals surface area (Å²) < 4.78 is 17.4. The lowest BCUT2D eigenvalue weighted by molar-refractivity contribution is 0.461. The van der Waals surface area contributed by atoms with E-state index in [1.54, 1.807) is 0 Å². The summed E-state index contributed by atoms with van der Waals surface area (Å²) in [6.45, 7) is 9.26. The lowest BCUT2D eigenvalue weighted by Crippen LogP contribution is -2.31. The summed E-state index contributed by atoms with van der Waals surface area (Å²) in [5.41, 5.74) is 20.0. The van der Waals surface area contributed by atoms with Gasteiger partial charge in [0.05, 0.1) is 55.6 Å². The minimum atomic E-state index is -0.182. The molecule has 0 radical (unpaired) electrons. The molecule has 0 unspecified atom stereocenters. The third kappa shape index (κ3) is 8.38. The second kappa shape index (κ2) is 21.7. The minimum Gasteiger partial charge on any atom is -0.455 e. The zero-order valence-electron chi connectivity index (χ0n) is 56.4. The van der Waals surface area contributed by atoms with E-state index in [4.69, 9.17) is 28.8 Å². The minimum absolute atomic E-state index is 0.165. The Hall–Kier alpha value is -13.0. The summed E-state index contributed by atoms with van der Waals surface area (Å²) in [6, 6.07) is 103.